The lowest BCUT2D eigenvalue weighted by Gasteiger charge is -1.89. The Kier molecular flexibility index (Phi) is 1.80. The highest BCUT2D eigenvalue weighted by Gasteiger charge is 2.34. The third-order valence-electron chi connectivity index (χ3n) is 3.66. The van der Waals surface area contributed by atoms with Crippen LogP contribution in [-0.4, -0.2) is 4.98 Å². The summed E-state index contributed by atoms with van der Waals surface area (Å²) >= 11 is 3.76. The van der Waals surface area contributed by atoms with Crippen molar-refractivity contribution in [2.24, 2.45) is 0 Å². The molecule has 5 rings (SSSR count). The van der Waals surface area contributed by atoms with Crippen LogP contribution in [0, 0.1) is 0 Å². The van der Waals surface area contributed by atoms with Crippen molar-refractivity contribution in [2.45, 2.75) is 6.54 Å². The van der Waals surface area contributed by atoms with Crippen LogP contribution in [0.5, 0.6) is 0 Å². The smallest absolute Gasteiger partial charge is 0.248 e. The number of rotatable bonds is 0. The van der Waals surface area contributed by atoms with Crippen LogP contribution in [0.25, 0.3) is 30.3 Å². The van der Waals surface area contributed by atoms with E-state index in [0.717, 1.165) is 6.54 Å². The highest BCUT2D eigenvalue weighted by molar-refractivity contribution is 7.42. The SMILES string of the molecule is c1cnc2c(c1)C[n+]1c-2sc2sc3ccccc3c21. The Labute approximate surface area is 117 Å². The predicted octanol–water partition coefficient (Wildman–Crippen LogP) is 3.83. The maximum Gasteiger partial charge on any atom is 0.290 e. The normalized spacial score (nSPS) is 13.1. The van der Waals surface area contributed by atoms with Crippen molar-refractivity contribution < 1.29 is 4.57 Å². The first-order valence-corrected chi connectivity index (χ1v) is 7.83. The van der Waals surface area contributed by atoms with Gasteiger partial charge < -0.3 is 0 Å². The molecule has 0 bridgehead atoms. The van der Waals surface area contributed by atoms with Gasteiger partial charge >= 0.3 is 0 Å². The van der Waals surface area contributed by atoms with E-state index in [2.05, 4.69) is 39.9 Å². The molecule has 0 fully saturated rings. The largest absolute Gasteiger partial charge is 0.290 e. The fraction of sp³-hybridized carbons (Fsp3) is 0.0667. The highest BCUT2D eigenvalue weighted by atomic mass is 32.2. The van der Waals surface area contributed by atoms with Crippen LogP contribution in [0.1, 0.15) is 5.56 Å². The van der Waals surface area contributed by atoms with Crippen molar-refractivity contribution in [3.05, 3.63) is 48.2 Å². The van der Waals surface area contributed by atoms with Gasteiger partial charge in [0.05, 0.1) is 10.9 Å². The molecule has 19 heavy (non-hydrogen) atoms. The Balaban J connectivity index is 1.94. The number of thiazole rings is 1. The molecule has 0 N–H and O–H groups in total. The van der Waals surface area contributed by atoms with Crippen molar-refractivity contribution in [2.75, 3.05) is 0 Å². The molecular weight excluding hydrogens is 272 g/mol. The van der Waals surface area contributed by atoms with Crippen LogP contribution in [0.4, 0.5) is 0 Å². The number of pyridine rings is 1. The lowest BCUT2D eigenvalue weighted by Crippen LogP contribution is -2.30. The molecule has 1 aliphatic rings. The lowest BCUT2D eigenvalue weighted by atomic mass is 10.2. The number of thiophene rings is 1. The summed E-state index contributed by atoms with van der Waals surface area (Å²) in [5.74, 6) is 0. The first kappa shape index (κ1) is 10.1. The van der Waals surface area contributed by atoms with Gasteiger partial charge in [0.15, 0.2) is 16.3 Å². The molecule has 0 unspecified atom stereocenters. The van der Waals surface area contributed by atoms with Crippen molar-refractivity contribution in [1.82, 2.24) is 4.98 Å². The Bertz CT molecular complexity index is 949. The first-order chi connectivity index (χ1) is 9.42. The molecule has 0 atom stereocenters. The van der Waals surface area contributed by atoms with Gasteiger partial charge in [0.1, 0.15) is 0 Å². The summed E-state index contributed by atoms with van der Waals surface area (Å²) < 4.78 is 5.21. The number of nitrogens with zero attached hydrogens (tertiary/aromatic N) is 2. The molecule has 0 amide bonds. The van der Waals surface area contributed by atoms with Crippen LogP contribution >= 0.6 is 22.7 Å². The van der Waals surface area contributed by atoms with Gasteiger partial charge in [-0.2, -0.15) is 4.57 Å². The molecule has 1 aromatic carbocycles. The van der Waals surface area contributed by atoms with Crippen molar-refractivity contribution in [3.8, 4) is 10.7 Å². The zero-order valence-corrected chi connectivity index (χ0v) is 11.6. The molecule has 0 aliphatic carbocycles. The van der Waals surface area contributed by atoms with E-state index in [1.807, 2.05) is 34.9 Å². The van der Waals surface area contributed by atoms with Gasteiger partial charge in [-0.05, 0) is 35.6 Å². The van der Waals surface area contributed by atoms with Crippen LogP contribution in [-0.2, 0) is 6.54 Å². The van der Waals surface area contributed by atoms with Gasteiger partial charge in [0, 0.05) is 10.9 Å². The van der Waals surface area contributed by atoms with E-state index in [9.17, 15) is 0 Å². The molecular formula is C15H9N2S2+. The first-order valence-electron chi connectivity index (χ1n) is 6.20. The standard InChI is InChI=1S/C15H9N2S2/c1-2-6-11-10(5-1)13-15(18-11)19-14-12-9(8-17(13)14)4-3-7-16-12/h1-7H,8H2/q+1. The van der Waals surface area contributed by atoms with Gasteiger partial charge in [0.2, 0.25) is 5.52 Å². The van der Waals surface area contributed by atoms with E-state index in [-0.39, 0.29) is 0 Å². The van der Waals surface area contributed by atoms with Gasteiger partial charge in [0.25, 0.3) is 5.01 Å². The second-order valence-corrected chi connectivity index (χ2v) is 7.05. The molecule has 4 heterocycles. The van der Waals surface area contributed by atoms with Crippen LogP contribution in [0.3, 0.4) is 0 Å². The maximum absolute atomic E-state index is 4.55. The Morgan fingerprint density at radius 1 is 1.05 bits per heavy atom. The van der Waals surface area contributed by atoms with E-state index >= 15 is 0 Å². The molecule has 0 saturated heterocycles. The number of fused-ring (bicyclic) bond motifs is 7. The topological polar surface area (TPSA) is 16.8 Å². The molecule has 3 aromatic heterocycles. The van der Waals surface area contributed by atoms with Crippen molar-refractivity contribution in [3.63, 3.8) is 0 Å². The molecule has 2 nitrogen and oxygen atoms in total. The summed E-state index contributed by atoms with van der Waals surface area (Å²) in [4.78, 5) is 4.55. The fourth-order valence-corrected chi connectivity index (χ4v) is 5.48. The number of aromatic nitrogens is 2. The minimum atomic E-state index is 0.958. The molecule has 0 spiro atoms. The monoisotopic (exact) mass is 281 g/mol. The second kappa shape index (κ2) is 3.40. The van der Waals surface area contributed by atoms with Crippen LogP contribution in [0.2, 0.25) is 0 Å². The molecule has 1 aliphatic heterocycles. The summed E-state index contributed by atoms with van der Waals surface area (Å²) in [7, 11) is 0. The van der Waals surface area contributed by atoms with Crippen LogP contribution < -0.4 is 4.57 Å². The fourth-order valence-electron chi connectivity index (χ4n) is 2.83. The molecule has 0 radical (unpaired) electrons. The zero-order valence-electron chi connectivity index (χ0n) is 9.96. The van der Waals surface area contributed by atoms with Gasteiger partial charge in [-0.3, -0.25) is 0 Å². The summed E-state index contributed by atoms with van der Waals surface area (Å²) in [6.45, 7) is 0.958. The van der Waals surface area contributed by atoms with Gasteiger partial charge in [-0.15, -0.1) is 11.3 Å². The molecule has 90 valence electrons. The average Bonchev–Trinajstić information content (AvgIpc) is 3.05. The molecule has 4 heteroatoms. The number of hydrogen-bond acceptors (Lipinski definition) is 3. The molecule has 4 aromatic rings. The van der Waals surface area contributed by atoms with E-state index in [0.29, 0.717) is 0 Å². The minimum absolute atomic E-state index is 0.958. The lowest BCUT2D eigenvalue weighted by molar-refractivity contribution is -0.641. The van der Waals surface area contributed by atoms with Crippen molar-refractivity contribution >= 4 is 42.3 Å². The van der Waals surface area contributed by atoms with E-state index < -0.39 is 0 Å². The zero-order chi connectivity index (χ0) is 12.4. The summed E-state index contributed by atoms with van der Waals surface area (Å²) in [6, 6.07) is 12.9. The maximum atomic E-state index is 4.55. The van der Waals surface area contributed by atoms with Crippen LogP contribution in [0.15, 0.2) is 42.6 Å². The Morgan fingerprint density at radius 2 is 2.00 bits per heavy atom. The van der Waals surface area contributed by atoms with E-state index in [1.54, 1.807) is 0 Å². The van der Waals surface area contributed by atoms with Crippen molar-refractivity contribution in [1.29, 1.82) is 0 Å². The Morgan fingerprint density at radius 3 is 3.00 bits per heavy atom. The van der Waals surface area contributed by atoms with E-state index in [4.69, 9.17) is 0 Å². The third-order valence-corrected chi connectivity index (χ3v) is 6.11. The quantitative estimate of drug-likeness (QED) is 0.394. The van der Waals surface area contributed by atoms with Gasteiger partial charge in [-0.1, -0.05) is 12.1 Å². The summed E-state index contributed by atoms with van der Waals surface area (Å²) in [5.41, 5.74) is 3.89. The Hall–Kier alpha value is -1.78. The summed E-state index contributed by atoms with van der Waals surface area (Å²) in [6.07, 6.45) is 1.89. The number of benzene rings is 1. The summed E-state index contributed by atoms with van der Waals surface area (Å²) in [5, 5.41) is 2.68. The highest BCUT2D eigenvalue weighted by Crippen LogP contribution is 2.41. The third kappa shape index (κ3) is 1.20. The second-order valence-electron chi connectivity index (χ2n) is 4.74. The minimum Gasteiger partial charge on any atom is -0.248 e. The van der Waals surface area contributed by atoms with Gasteiger partial charge in [-0.25, -0.2) is 4.98 Å². The average molecular weight is 281 g/mol. The predicted molar refractivity (Wildman–Crippen MR) is 79.7 cm³/mol. The molecule has 0 saturated carbocycles. The van der Waals surface area contributed by atoms with E-state index in [1.165, 1.54) is 35.9 Å². The number of hydrogen-bond donors (Lipinski definition) is 0.